The van der Waals surface area contributed by atoms with Crippen LogP contribution < -0.4 is 0 Å². The van der Waals surface area contributed by atoms with Crippen LogP contribution in [0.5, 0.6) is 0 Å². The van der Waals surface area contributed by atoms with Crippen molar-refractivity contribution in [2.75, 3.05) is 5.75 Å². The van der Waals surface area contributed by atoms with Crippen molar-refractivity contribution in [3.8, 4) is 11.1 Å². The molecule has 0 radical (unpaired) electrons. The van der Waals surface area contributed by atoms with Gasteiger partial charge in [0.2, 0.25) is 0 Å². The molecule has 0 fully saturated rings. The molecular weight excluding hydrogens is 296 g/mol. The highest BCUT2D eigenvalue weighted by Crippen LogP contribution is 2.31. The van der Waals surface area contributed by atoms with Gasteiger partial charge in [-0.3, -0.25) is 0 Å². The van der Waals surface area contributed by atoms with Gasteiger partial charge >= 0.3 is 0 Å². The monoisotopic (exact) mass is 326 g/mol. The van der Waals surface area contributed by atoms with Crippen LogP contribution in [0.25, 0.3) is 11.1 Å². The highest BCUT2D eigenvalue weighted by atomic mass is 32.2. The molecule has 0 N–H and O–H groups in total. The Labute approximate surface area is 146 Å². The third kappa shape index (κ3) is 6.83. The van der Waals surface area contributed by atoms with E-state index < -0.39 is 0 Å². The van der Waals surface area contributed by atoms with Crippen LogP contribution in [0.1, 0.15) is 58.3 Å². The molecule has 1 heteroatoms. The van der Waals surface area contributed by atoms with Gasteiger partial charge in [0.15, 0.2) is 0 Å². The number of rotatable bonds is 11. The molecule has 0 aliphatic heterocycles. The second kappa shape index (κ2) is 11.3. The second-order valence-corrected chi connectivity index (χ2v) is 7.32. The van der Waals surface area contributed by atoms with E-state index in [1.54, 1.807) is 0 Å². The van der Waals surface area contributed by atoms with E-state index in [4.69, 9.17) is 0 Å². The standard InChI is InChI=1S/C22H30S/c1-2-3-4-5-6-7-8-14-19-23-22-18-13-12-17-21(22)20-15-10-9-11-16-20/h9-13,15-18H,2-8,14,19H2,1H3. The van der Waals surface area contributed by atoms with Crippen molar-refractivity contribution in [2.45, 2.75) is 63.2 Å². The Balaban J connectivity index is 1.70. The predicted octanol–water partition coefficient (Wildman–Crippen LogP) is 7.59. The third-order valence-electron chi connectivity index (χ3n) is 4.23. The van der Waals surface area contributed by atoms with Crippen LogP contribution in [0.4, 0.5) is 0 Å². The highest BCUT2D eigenvalue weighted by Gasteiger charge is 2.04. The molecule has 0 atom stereocenters. The van der Waals surface area contributed by atoms with Crippen LogP contribution in [-0.4, -0.2) is 5.75 Å². The molecule has 0 nitrogen and oxygen atoms in total. The molecule has 2 aromatic carbocycles. The van der Waals surface area contributed by atoms with Crippen LogP contribution in [-0.2, 0) is 0 Å². The Morgan fingerprint density at radius 3 is 2.00 bits per heavy atom. The number of hydrogen-bond acceptors (Lipinski definition) is 1. The zero-order valence-electron chi connectivity index (χ0n) is 14.5. The Morgan fingerprint density at radius 1 is 0.652 bits per heavy atom. The molecule has 0 amide bonds. The molecule has 0 unspecified atom stereocenters. The Morgan fingerprint density at radius 2 is 1.26 bits per heavy atom. The SMILES string of the molecule is CCCCCCCCCCSc1ccccc1-c1ccccc1. The summed E-state index contributed by atoms with van der Waals surface area (Å²) in [6.45, 7) is 2.28. The van der Waals surface area contributed by atoms with E-state index in [0.717, 1.165) is 0 Å². The Bertz CT molecular complexity index is 533. The highest BCUT2D eigenvalue weighted by molar-refractivity contribution is 7.99. The van der Waals surface area contributed by atoms with Gasteiger partial charge in [-0.25, -0.2) is 0 Å². The zero-order valence-corrected chi connectivity index (χ0v) is 15.3. The molecule has 0 heterocycles. The van der Waals surface area contributed by atoms with Crippen LogP contribution in [0, 0.1) is 0 Å². The van der Waals surface area contributed by atoms with Gasteiger partial charge in [-0.2, -0.15) is 0 Å². The van der Waals surface area contributed by atoms with Crippen LogP contribution in [0.2, 0.25) is 0 Å². The van der Waals surface area contributed by atoms with Crippen molar-refractivity contribution in [1.82, 2.24) is 0 Å². The average Bonchev–Trinajstić information content (AvgIpc) is 2.61. The molecule has 124 valence electrons. The smallest absolute Gasteiger partial charge is 0.0150 e. The molecule has 0 bridgehead atoms. The van der Waals surface area contributed by atoms with Crippen LogP contribution in [0.3, 0.4) is 0 Å². The maximum absolute atomic E-state index is 2.28. The van der Waals surface area contributed by atoms with Gasteiger partial charge in [-0.15, -0.1) is 11.8 Å². The molecule has 2 aromatic rings. The minimum absolute atomic E-state index is 1.23. The molecule has 0 aliphatic carbocycles. The second-order valence-electron chi connectivity index (χ2n) is 6.19. The fourth-order valence-corrected chi connectivity index (χ4v) is 3.95. The summed E-state index contributed by atoms with van der Waals surface area (Å²) >= 11 is 2.01. The fourth-order valence-electron chi connectivity index (χ4n) is 2.87. The first-order valence-corrected chi connectivity index (χ1v) is 10.2. The lowest BCUT2D eigenvalue weighted by molar-refractivity contribution is 0.586. The summed E-state index contributed by atoms with van der Waals surface area (Å²) in [6.07, 6.45) is 11.2. The van der Waals surface area contributed by atoms with E-state index in [0.29, 0.717) is 0 Å². The average molecular weight is 327 g/mol. The van der Waals surface area contributed by atoms with E-state index in [-0.39, 0.29) is 0 Å². The minimum atomic E-state index is 1.23. The van der Waals surface area contributed by atoms with Crippen molar-refractivity contribution in [2.24, 2.45) is 0 Å². The van der Waals surface area contributed by atoms with Gasteiger partial charge < -0.3 is 0 Å². The largest absolute Gasteiger partial charge is 0.126 e. The predicted molar refractivity (Wildman–Crippen MR) is 105 cm³/mol. The lowest BCUT2D eigenvalue weighted by Gasteiger charge is -2.09. The first-order valence-electron chi connectivity index (χ1n) is 9.19. The van der Waals surface area contributed by atoms with Gasteiger partial charge in [-0.05, 0) is 29.4 Å². The van der Waals surface area contributed by atoms with Gasteiger partial charge in [0, 0.05) is 4.90 Å². The summed E-state index contributed by atoms with van der Waals surface area (Å²) in [7, 11) is 0. The number of thioether (sulfide) groups is 1. The lowest BCUT2D eigenvalue weighted by Crippen LogP contribution is -1.86. The van der Waals surface area contributed by atoms with Crippen molar-refractivity contribution in [3.05, 3.63) is 54.6 Å². The lowest BCUT2D eigenvalue weighted by atomic mass is 10.1. The molecule has 2 rings (SSSR count). The Hall–Kier alpha value is -1.21. The molecule has 23 heavy (non-hydrogen) atoms. The van der Waals surface area contributed by atoms with Gasteiger partial charge in [0.25, 0.3) is 0 Å². The van der Waals surface area contributed by atoms with Gasteiger partial charge in [0.1, 0.15) is 0 Å². The number of hydrogen-bond donors (Lipinski definition) is 0. The maximum atomic E-state index is 2.28. The minimum Gasteiger partial charge on any atom is -0.126 e. The Kier molecular flexibility index (Phi) is 8.94. The summed E-state index contributed by atoms with van der Waals surface area (Å²) in [5.74, 6) is 1.23. The summed E-state index contributed by atoms with van der Waals surface area (Å²) < 4.78 is 0. The first-order chi connectivity index (χ1) is 11.4. The quantitative estimate of drug-likeness (QED) is 0.303. The summed E-state index contributed by atoms with van der Waals surface area (Å²) in [5, 5.41) is 0. The molecular formula is C22H30S. The topological polar surface area (TPSA) is 0 Å². The van der Waals surface area contributed by atoms with E-state index >= 15 is 0 Å². The zero-order chi connectivity index (χ0) is 16.2. The van der Waals surface area contributed by atoms with Crippen molar-refractivity contribution >= 4 is 11.8 Å². The number of benzene rings is 2. The van der Waals surface area contributed by atoms with Crippen LogP contribution >= 0.6 is 11.8 Å². The normalized spacial score (nSPS) is 10.8. The van der Waals surface area contributed by atoms with E-state index in [2.05, 4.69) is 61.5 Å². The molecule has 0 saturated heterocycles. The number of unbranched alkanes of at least 4 members (excludes halogenated alkanes) is 7. The third-order valence-corrected chi connectivity index (χ3v) is 5.39. The van der Waals surface area contributed by atoms with Gasteiger partial charge in [0.05, 0.1) is 0 Å². The van der Waals surface area contributed by atoms with Crippen molar-refractivity contribution in [3.63, 3.8) is 0 Å². The van der Waals surface area contributed by atoms with E-state index in [1.165, 1.54) is 73.1 Å². The van der Waals surface area contributed by atoms with Gasteiger partial charge in [-0.1, -0.05) is 100 Å². The molecule has 0 aromatic heterocycles. The van der Waals surface area contributed by atoms with Crippen molar-refractivity contribution in [1.29, 1.82) is 0 Å². The summed E-state index contributed by atoms with van der Waals surface area (Å²) in [5.41, 5.74) is 2.70. The van der Waals surface area contributed by atoms with E-state index in [9.17, 15) is 0 Å². The molecule has 0 saturated carbocycles. The molecule has 0 aliphatic rings. The first kappa shape index (κ1) is 18.1. The maximum Gasteiger partial charge on any atom is 0.0150 e. The van der Waals surface area contributed by atoms with Crippen LogP contribution in [0.15, 0.2) is 59.5 Å². The fraction of sp³-hybridized carbons (Fsp3) is 0.455. The van der Waals surface area contributed by atoms with E-state index in [1.807, 2.05) is 11.8 Å². The summed E-state index contributed by atoms with van der Waals surface area (Å²) in [4.78, 5) is 1.42. The summed E-state index contributed by atoms with van der Waals surface area (Å²) in [6, 6.07) is 19.5. The molecule has 0 spiro atoms. The van der Waals surface area contributed by atoms with Crippen molar-refractivity contribution < 1.29 is 0 Å².